The molecule has 1 saturated carbocycles. The third kappa shape index (κ3) is 3.23. The number of hydrogen-bond acceptors (Lipinski definition) is 1. The lowest BCUT2D eigenvalue weighted by Crippen LogP contribution is -2.21. The molecule has 1 aromatic rings. The highest BCUT2D eigenvalue weighted by atomic mass is 35.5. The molecule has 0 radical (unpaired) electrons. The topological polar surface area (TPSA) is 20.2 Å². The van der Waals surface area contributed by atoms with Crippen LogP contribution in [0.4, 0.5) is 0 Å². The molecule has 1 N–H and O–H groups in total. The highest BCUT2D eigenvalue weighted by Crippen LogP contribution is 2.36. The molecule has 0 aromatic heterocycles. The summed E-state index contributed by atoms with van der Waals surface area (Å²) in [7, 11) is 0. The van der Waals surface area contributed by atoms with E-state index in [2.05, 4.69) is 6.92 Å². The molecule has 0 aliphatic heterocycles. The normalized spacial score (nSPS) is 26.1. The van der Waals surface area contributed by atoms with Crippen molar-refractivity contribution in [3.8, 4) is 0 Å². The lowest BCUT2D eigenvalue weighted by Gasteiger charge is -2.18. The first-order valence-electron chi connectivity index (χ1n) is 6.62. The first-order valence-corrected chi connectivity index (χ1v) is 7.00. The smallest absolute Gasteiger partial charge is 0.0609 e. The Labute approximate surface area is 109 Å². The average Bonchev–Trinajstić information content (AvgIpc) is 2.81. The minimum absolute atomic E-state index is 0.230. The van der Waals surface area contributed by atoms with E-state index in [4.69, 9.17) is 11.6 Å². The summed E-state index contributed by atoms with van der Waals surface area (Å²) in [5.74, 6) is 1.29. The lowest BCUT2D eigenvalue weighted by atomic mass is 9.93. The van der Waals surface area contributed by atoms with E-state index in [9.17, 15) is 5.11 Å². The molecule has 0 spiro atoms. The Hall–Kier alpha value is -0.530. The molecule has 1 aliphatic rings. The molecule has 17 heavy (non-hydrogen) atoms. The van der Waals surface area contributed by atoms with Crippen molar-refractivity contribution < 1.29 is 5.11 Å². The maximum Gasteiger partial charge on any atom is 0.0609 e. The van der Waals surface area contributed by atoms with Gasteiger partial charge in [-0.05, 0) is 36.3 Å². The van der Waals surface area contributed by atoms with Crippen LogP contribution < -0.4 is 0 Å². The van der Waals surface area contributed by atoms with Crippen molar-refractivity contribution in [3.05, 3.63) is 34.9 Å². The summed E-state index contributed by atoms with van der Waals surface area (Å²) in [6.45, 7) is 2.24. The second-order valence-electron chi connectivity index (χ2n) is 5.21. The van der Waals surface area contributed by atoms with Gasteiger partial charge in [-0.2, -0.15) is 0 Å². The Morgan fingerprint density at radius 2 is 2.12 bits per heavy atom. The van der Waals surface area contributed by atoms with Gasteiger partial charge in [0.2, 0.25) is 0 Å². The van der Waals surface area contributed by atoms with Crippen LogP contribution in [0.25, 0.3) is 0 Å². The Morgan fingerprint density at radius 1 is 1.35 bits per heavy atom. The van der Waals surface area contributed by atoms with Crippen molar-refractivity contribution in [2.24, 2.45) is 11.8 Å². The largest absolute Gasteiger partial charge is 0.392 e. The third-order valence-electron chi connectivity index (χ3n) is 4.09. The van der Waals surface area contributed by atoms with Crippen LogP contribution in [0.5, 0.6) is 0 Å². The number of rotatable bonds is 4. The van der Waals surface area contributed by atoms with Gasteiger partial charge in [-0.15, -0.1) is 0 Å². The number of halogens is 1. The second-order valence-corrected chi connectivity index (χ2v) is 5.62. The fraction of sp³-hybridized carbons (Fsp3) is 0.600. The lowest BCUT2D eigenvalue weighted by molar-refractivity contribution is 0.108. The van der Waals surface area contributed by atoms with Crippen molar-refractivity contribution in [3.63, 3.8) is 0 Å². The van der Waals surface area contributed by atoms with Crippen molar-refractivity contribution in [2.75, 3.05) is 0 Å². The van der Waals surface area contributed by atoms with Gasteiger partial charge < -0.3 is 5.11 Å². The summed E-state index contributed by atoms with van der Waals surface area (Å²) in [5, 5.41) is 11.1. The highest BCUT2D eigenvalue weighted by molar-refractivity contribution is 6.31. The SMILES string of the molecule is CCC1CCC(C(O)Cc2ccccc2Cl)C1. The van der Waals surface area contributed by atoms with E-state index >= 15 is 0 Å². The predicted molar refractivity (Wildman–Crippen MR) is 72.3 cm³/mol. The van der Waals surface area contributed by atoms with Gasteiger partial charge in [0.15, 0.2) is 0 Å². The van der Waals surface area contributed by atoms with Crippen LogP contribution in [0.1, 0.15) is 38.2 Å². The van der Waals surface area contributed by atoms with Crippen LogP contribution in [-0.4, -0.2) is 11.2 Å². The summed E-state index contributed by atoms with van der Waals surface area (Å²) in [6.07, 6.45) is 5.34. The van der Waals surface area contributed by atoms with Crippen molar-refractivity contribution in [1.29, 1.82) is 0 Å². The van der Waals surface area contributed by atoms with E-state index in [1.54, 1.807) is 0 Å². The van der Waals surface area contributed by atoms with E-state index in [0.717, 1.165) is 16.5 Å². The molecule has 0 heterocycles. The zero-order chi connectivity index (χ0) is 12.3. The Morgan fingerprint density at radius 3 is 2.76 bits per heavy atom. The standard InChI is InChI=1S/C15H21ClO/c1-2-11-7-8-13(9-11)15(17)10-12-5-3-4-6-14(12)16/h3-6,11,13,15,17H,2,7-10H2,1H3. The Bertz CT molecular complexity index is 364. The number of hydrogen-bond donors (Lipinski definition) is 1. The highest BCUT2D eigenvalue weighted by Gasteiger charge is 2.29. The zero-order valence-corrected chi connectivity index (χ0v) is 11.2. The van der Waals surface area contributed by atoms with E-state index < -0.39 is 0 Å². The minimum atomic E-state index is -0.230. The molecule has 2 rings (SSSR count). The molecule has 3 atom stereocenters. The summed E-state index contributed by atoms with van der Waals surface area (Å²) in [5.41, 5.74) is 1.07. The monoisotopic (exact) mass is 252 g/mol. The van der Waals surface area contributed by atoms with Gasteiger partial charge in [0.05, 0.1) is 6.10 Å². The van der Waals surface area contributed by atoms with Crippen molar-refractivity contribution in [1.82, 2.24) is 0 Å². The summed E-state index contributed by atoms with van der Waals surface area (Å²) >= 11 is 6.12. The Kier molecular flexibility index (Phi) is 4.47. The minimum Gasteiger partial charge on any atom is -0.392 e. The third-order valence-corrected chi connectivity index (χ3v) is 4.46. The van der Waals surface area contributed by atoms with Gasteiger partial charge in [-0.25, -0.2) is 0 Å². The van der Waals surface area contributed by atoms with E-state index in [-0.39, 0.29) is 6.10 Å². The van der Waals surface area contributed by atoms with Crippen molar-refractivity contribution >= 4 is 11.6 Å². The molecule has 3 unspecified atom stereocenters. The average molecular weight is 253 g/mol. The van der Waals surface area contributed by atoms with Gasteiger partial charge in [-0.3, -0.25) is 0 Å². The molecule has 1 aliphatic carbocycles. The van der Waals surface area contributed by atoms with Crippen LogP contribution in [0.15, 0.2) is 24.3 Å². The number of benzene rings is 1. The number of aliphatic hydroxyl groups is 1. The molecule has 0 bridgehead atoms. The first-order chi connectivity index (χ1) is 8.20. The maximum atomic E-state index is 10.3. The molecule has 0 amide bonds. The first kappa shape index (κ1) is 12.9. The molecule has 0 saturated heterocycles. The molecule has 2 heteroatoms. The van der Waals surface area contributed by atoms with E-state index in [1.807, 2.05) is 24.3 Å². The van der Waals surface area contributed by atoms with Crippen LogP contribution in [0, 0.1) is 11.8 Å². The van der Waals surface area contributed by atoms with Gasteiger partial charge >= 0.3 is 0 Å². The van der Waals surface area contributed by atoms with E-state index in [0.29, 0.717) is 12.3 Å². The van der Waals surface area contributed by atoms with Gasteiger partial charge in [-0.1, -0.05) is 49.6 Å². The van der Waals surface area contributed by atoms with Crippen LogP contribution in [-0.2, 0) is 6.42 Å². The molecule has 1 fully saturated rings. The summed E-state index contributed by atoms with van der Waals surface area (Å²) in [4.78, 5) is 0. The number of aliphatic hydroxyl groups excluding tert-OH is 1. The van der Waals surface area contributed by atoms with Crippen LogP contribution in [0.2, 0.25) is 5.02 Å². The Balaban J connectivity index is 1.94. The molecule has 94 valence electrons. The molecule has 1 aromatic carbocycles. The summed E-state index contributed by atoms with van der Waals surface area (Å²) in [6, 6.07) is 7.82. The zero-order valence-electron chi connectivity index (χ0n) is 10.4. The van der Waals surface area contributed by atoms with Gasteiger partial charge in [0.1, 0.15) is 0 Å². The predicted octanol–water partition coefficient (Wildman–Crippen LogP) is 4.07. The van der Waals surface area contributed by atoms with Crippen molar-refractivity contribution in [2.45, 2.75) is 45.1 Å². The van der Waals surface area contributed by atoms with Gasteiger partial charge in [0, 0.05) is 11.4 Å². The fourth-order valence-corrected chi connectivity index (χ4v) is 3.10. The quantitative estimate of drug-likeness (QED) is 0.857. The van der Waals surface area contributed by atoms with Crippen LogP contribution in [0.3, 0.4) is 0 Å². The van der Waals surface area contributed by atoms with Crippen LogP contribution >= 0.6 is 11.6 Å². The molecule has 1 nitrogen and oxygen atoms in total. The molecular formula is C15H21ClO. The summed E-state index contributed by atoms with van der Waals surface area (Å²) < 4.78 is 0. The molecular weight excluding hydrogens is 232 g/mol. The van der Waals surface area contributed by atoms with Gasteiger partial charge in [0.25, 0.3) is 0 Å². The maximum absolute atomic E-state index is 10.3. The van der Waals surface area contributed by atoms with E-state index in [1.165, 1.54) is 25.7 Å². The fourth-order valence-electron chi connectivity index (χ4n) is 2.89. The second kappa shape index (κ2) is 5.88.